The molecule has 0 bridgehead atoms. The Kier molecular flexibility index (Phi) is 5.22. The van der Waals surface area contributed by atoms with Crippen LogP contribution in [0.1, 0.15) is 19.3 Å². The molecule has 156 valence electrons. The summed E-state index contributed by atoms with van der Waals surface area (Å²) in [5, 5.41) is 2.70. The van der Waals surface area contributed by atoms with Gasteiger partial charge in [-0.05, 0) is 49.6 Å². The van der Waals surface area contributed by atoms with Crippen LogP contribution in [0.5, 0.6) is 0 Å². The Hall–Kier alpha value is -2.23. The average Bonchev–Trinajstić information content (AvgIpc) is 3.38. The van der Waals surface area contributed by atoms with Crippen LogP contribution in [0.4, 0.5) is 5.69 Å². The van der Waals surface area contributed by atoms with Gasteiger partial charge in [0.25, 0.3) is 0 Å². The highest BCUT2D eigenvalue weighted by Crippen LogP contribution is 2.35. The summed E-state index contributed by atoms with van der Waals surface area (Å²) in [5.74, 6) is -0.0816. The maximum absolute atomic E-state index is 13.0. The number of rotatable bonds is 6. The zero-order chi connectivity index (χ0) is 20.8. The summed E-state index contributed by atoms with van der Waals surface area (Å²) < 4.78 is 33.2. The number of nitrogens with one attached hydrogen (secondary N) is 1. The average molecular weight is 420 g/mol. The van der Waals surface area contributed by atoms with E-state index in [1.807, 2.05) is 0 Å². The van der Waals surface area contributed by atoms with E-state index in [1.165, 1.54) is 10.4 Å². The molecule has 0 spiro atoms. The lowest BCUT2D eigenvalue weighted by Gasteiger charge is -2.21. The second-order valence-electron chi connectivity index (χ2n) is 7.86. The van der Waals surface area contributed by atoms with Gasteiger partial charge >= 0.3 is 0 Å². The number of hydrogen-bond donors (Lipinski definition) is 1. The number of anilines is 1. The number of carbonyl (C=O) groups excluding carboxylic acids is 2. The summed E-state index contributed by atoms with van der Waals surface area (Å²) in [4.78, 5) is 25.4. The third kappa shape index (κ3) is 3.94. The van der Waals surface area contributed by atoms with E-state index in [0.717, 1.165) is 12.8 Å². The number of hydrogen-bond acceptors (Lipinski definition) is 5. The van der Waals surface area contributed by atoms with Gasteiger partial charge in [-0.15, -0.1) is 0 Å². The molecule has 1 aliphatic carbocycles. The van der Waals surface area contributed by atoms with Crippen LogP contribution in [-0.2, 0) is 24.3 Å². The molecule has 3 fully saturated rings. The maximum atomic E-state index is 13.0. The standard InChI is InChI=1S/C20H25N3O5S/c1-3-18(24)21-19-10-14-11-23(12-17(14)28-19)29(26,27)16-8-6-15(7-9-16)22(2)20(25)13-4-5-13/h3,6-9,13-14,17,19H,1,4-5,10-12H2,2H3,(H,21,24). The van der Waals surface area contributed by atoms with E-state index >= 15 is 0 Å². The monoisotopic (exact) mass is 419 g/mol. The maximum Gasteiger partial charge on any atom is 0.245 e. The first-order valence-corrected chi connectivity index (χ1v) is 11.2. The first-order chi connectivity index (χ1) is 13.8. The number of carbonyl (C=O) groups is 2. The van der Waals surface area contributed by atoms with Gasteiger partial charge in [-0.1, -0.05) is 6.58 Å². The predicted molar refractivity (Wildman–Crippen MR) is 106 cm³/mol. The van der Waals surface area contributed by atoms with Crippen LogP contribution in [0, 0.1) is 11.8 Å². The smallest absolute Gasteiger partial charge is 0.245 e. The third-order valence-corrected chi connectivity index (χ3v) is 7.66. The van der Waals surface area contributed by atoms with Crippen molar-refractivity contribution in [2.45, 2.75) is 36.5 Å². The van der Waals surface area contributed by atoms with Crippen molar-refractivity contribution in [3.63, 3.8) is 0 Å². The molecule has 3 atom stereocenters. The summed E-state index contributed by atoms with van der Waals surface area (Å²) in [5.41, 5.74) is 0.684. The van der Waals surface area contributed by atoms with E-state index in [2.05, 4.69) is 11.9 Å². The van der Waals surface area contributed by atoms with Gasteiger partial charge in [0.05, 0.1) is 11.0 Å². The molecule has 0 radical (unpaired) electrons. The molecule has 1 N–H and O–H groups in total. The normalized spacial score (nSPS) is 26.7. The van der Waals surface area contributed by atoms with Gasteiger partial charge in [-0.2, -0.15) is 4.31 Å². The van der Waals surface area contributed by atoms with Gasteiger partial charge in [-0.3, -0.25) is 9.59 Å². The van der Waals surface area contributed by atoms with E-state index < -0.39 is 16.3 Å². The summed E-state index contributed by atoms with van der Waals surface area (Å²) in [6.07, 6.45) is 2.97. The number of ether oxygens (including phenoxy) is 1. The minimum Gasteiger partial charge on any atom is -0.354 e. The number of fused-ring (bicyclic) bond motifs is 1. The van der Waals surface area contributed by atoms with Crippen LogP contribution in [0.25, 0.3) is 0 Å². The van der Waals surface area contributed by atoms with Crippen molar-refractivity contribution in [1.29, 1.82) is 0 Å². The lowest BCUT2D eigenvalue weighted by molar-refractivity contribution is -0.120. The molecular weight excluding hydrogens is 394 g/mol. The molecule has 29 heavy (non-hydrogen) atoms. The number of amides is 2. The van der Waals surface area contributed by atoms with Gasteiger partial charge < -0.3 is 15.0 Å². The number of sulfonamides is 1. The topological polar surface area (TPSA) is 96.0 Å². The van der Waals surface area contributed by atoms with Crippen LogP contribution in [0.15, 0.2) is 41.8 Å². The Morgan fingerprint density at radius 2 is 1.93 bits per heavy atom. The molecule has 3 aliphatic rings. The molecule has 9 heteroatoms. The van der Waals surface area contributed by atoms with Gasteiger partial charge in [0.15, 0.2) is 0 Å². The quantitative estimate of drug-likeness (QED) is 0.697. The SMILES string of the molecule is C=CC(=O)NC1CC2CN(S(=O)(=O)c3ccc(N(C)C(=O)C4CC4)cc3)CC2O1. The minimum absolute atomic E-state index is 0.0430. The van der Waals surface area contributed by atoms with E-state index in [4.69, 9.17) is 4.74 Å². The molecule has 1 aromatic rings. The molecule has 2 aliphatic heterocycles. The zero-order valence-corrected chi connectivity index (χ0v) is 17.1. The Morgan fingerprint density at radius 1 is 1.24 bits per heavy atom. The summed E-state index contributed by atoms with van der Waals surface area (Å²) in [6, 6.07) is 6.43. The number of nitrogens with zero attached hydrogens (tertiary/aromatic N) is 2. The molecule has 8 nitrogen and oxygen atoms in total. The molecule has 3 unspecified atom stereocenters. The van der Waals surface area contributed by atoms with E-state index in [9.17, 15) is 18.0 Å². The summed E-state index contributed by atoms with van der Waals surface area (Å²) in [7, 11) is -1.93. The second kappa shape index (κ2) is 7.55. The van der Waals surface area contributed by atoms with Gasteiger partial charge in [-0.25, -0.2) is 8.42 Å². The highest BCUT2D eigenvalue weighted by molar-refractivity contribution is 7.89. The Labute approximate surface area is 170 Å². The van der Waals surface area contributed by atoms with Crippen LogP contribution in [-0.4, -0.2) is 57.0 Å². The van der Waals surface area contributed by atoms with Crippen molar-refractivity contribution < 1.29 is 22.7 Å². The summed E-state index contributed by atoms with van der Waals surface area (Å²) in [6.45, 7) is 4.03. The molecule has 1 saturated carbocycles. The molecule has 2 amide bonds. The van der Waals surface area contributed by atoms with E-state index in [1.54, 1.807) is 36.2 Å². The van der Waals surface area contributed by atoms with Crippen LogP contribution >= 0.6 is 0 Å². The highest BCUT2D eigenvalue weighted by atomic mass is 32.2. The second-order valence-corrected chi connectivity index (χ2v) is 9.80. The minimum atomic E-state index is -3.65. The Balaban J connectivity index is 1.40. The predicted octanol–water partition coefficient (Wildman–Crippen LogP) is 1.10. The Morgan fingerprint density at radius 3 is 2.52 bits per heavy atom. The van der Waals surface area contributed by atoms with Crippen molar-refractivity contribution in [3.8, 4) is 0 Å². The van der Waals surface area contributed by atoms with Crippen LogP contribution < -0.4 is 10.2 Å². The fraction of sp³-hybridized carbons (Fsp3) is 0.500. The first kappa shape index (κ1) is 20.1. The number of benzene rings is 1. The lowest BCUT2D eigenvalue weighted by atomic mass is 10.1. The third-order valence-electron chi connectivity index (χ3n) is 5.81. The van der Waals surface area contributed by atoms with Crippen molar-refractivity contribution in [2.24, 2.45) is 11.8 Å². The van der Waals surface area contributed by atoms with Gasteiger partial charge in [0.2, 0.25) is 21.8 Å². The van der Waals surface area contributed by atoms with Crippen molar-refractivity contribution in [2.75, 3.05) is 25.0 Å². The fourth-order valence-electron chi connectivity index (χ4n) is 3.95. The Bertz CT molecular complexity index is 912. The lowest BCUT2D eigenvalue weighted by Crippen LogP contribution is -2.37. The van der Waals surface area contributed by atoms with E-state index in [0.29, 0.717) is 18.7 Å². The first-order valence-electron chi connectivity index (χ1n) is 9.76. The van der Waals surface area contributed by atoms with E-state index in [-0.39, 0.29) is 41.2 Å². The van der Waals surface area contributed by atoms with Crippen LogP contribution in [0.3, 0.4) is 0 Å². The molecule has 2 saturated heterocycles. The fourth-order valence-corrected chi connectivity index (χ4v) is 5.46. The van der Waals surface area contributed by atoms with Gasteiger partial charge in [0.1, 0.15) is 6.23 Å². The highest BCUT2D eigenvalue weighted by Gasteiger charge is 2.46. The molecule has 4 rings (SSSR count). The molecule has 0 aromatic heterocycles. The van der Waals surface area contributed by atoms with Crippen LogP contribution in [0.2, 0.25) is 0 Å². The van der Waals surface area contributed by atoms with Crippen molar-refractivity contribution >= 4 is 27.5 Å². The van der Waals surface area contributed by atoms with Crippen molar-refractivity contribution in [1.82, 2.24) is 9.62 Å². The molecular formula is C20H25N3O5S. The molecule has 2 heterocycles. The zero-order valence-electron chi connectivity index (χ0n) is 16.3. The largest absolute Gasteiger partial charge is 0.354 e. The summed E-state index contributed by atoms with van der Waals surface area (Å²) >= 11 is 0. The molecule has 1 aromatic carbocycles. The van der Waals surface area contributed by atoms with Gasteiger partial charge in [0, 0.05) is 37.7 Å². The van der Waals surface area contributed by atoms with Crippen molar-refractivity contribution in [3.05, 3.63) is 36.9 Å².